The van der Waals surface area contributed by atoms with E-state index in [-0.39, 0.29) is 11.9 Å². The van der Waals surface area contributed by atoms with Crippen LogP contribution < -0.4 is 5.32 Å². The number of nitrogens with one attached hydrogen (secondary N) is 1. The van der Waals surface area contributed by atoms with Gasteiger partial charge in [0.05, 0.1) is 16.7 Å². The first-order valence-electron chi connectivity index (χ1n) is 9.95. The zero-order valence-corrected chi connectivity index (χ0v) is 18.4. The second-order valence-electron chi connectivity index (χ2n) is 7.47. The summed E-state index contributed by atoms with van der Waals surface area (Å²) in [4.78, 5) is 26.8. The van der Waals surface area contributed by atoms with Gasteiger partial charge < -0.3 is 14.5 Å². The van der Waals surface area contributed by atoms with Crippen LogP contribution in [0.3, 0.4) is 0 Å². The highest BCUT2D eigenvalue weighted by Gasteiger charge is 2.28. The number of hydrogen-bond acceptors (Lipinski definition) is 5. The molecule has 0 aliphatic heterocycles. The van der Waals surface area contributed by atoms with Gasteiger partial charge in [0, 0.05) is 10.4 Å². The van der Waals surface area contributed by atoms with E-state index in [4.69, 9.17) is 20.8 Å². The van der Waals surface area contributed by atoms with E-state index in [1.54, 1.807) is 18.2 Å². The summed E-state index contributed by atoms with van der Waals surface area (Å²) in [5.41, 5.74) is 2.20. The van der Waals surface area contributed by atoms with E-state index in [0.29, 0.717) is 26.9 Å². The Morgan fingerprint density at radius 1 is 1.13 bits per heavy atom. The third-order valence-corrected chi connectivity index (χ3v) is 6.45. The zero-order chi connectivity index (χ0) is 21.3. The number of hydrogen-bond donors (Lipinski definition) is 1. The number of anilines is 1. The van der Waals surface area contributed by atoms with Gasteiger partial charge in [-0.15, -0.1) is 11.3 Å². The molecule has 0 saturated carbocycles. The minimum Gasteiger partial charge on any atom is -0.459 e. The van der Waals surface area contributed by atoms with Crippen molar-refractivity contribution in [3.8, 4) is 11.3 Å². The van der Waals surface area contributed by atoms with Crippen LogP contribution in [0, 0.1) is 0 Å². The summed E-state index contributed by atoms with van der Waals surface area (Å²) in [5.74, 6) is -0.142. The van der Waals surface area contributed by atoms with E-state index in [2.05, 4.69) is 5.32 Å². The molecule has 0 bridgehead atoms. The summed E-state index contributed by atoms with van der Waals surface area (Å²) in [6.07, 6.45) is 3.61. The molecule has 0 spiro atoms. The van der Waals surface area contributed by atoms with Crippen molar-refractivity contribution in [2.75, 3.05) is 5.32 Å². The van der Waals surface area contributed by atoms with Crippen LogP contribution in [0.5, 0.6) is 0 Å². The van der Waals surface area contributed by atoms with Crippen LogP contribution in [-0.4, -0.2) is 18.0 Å². The fourth-order valence-electron chi connectivity index (χ4n) is 3.57. The number of benzene rings is 1. The second-order valence-corrected chi connectivity index (χ2v) is 8.98. The van der Waals surface area contributed by atoms with Gasteiger partial charge in [0.15, 0.2) is 5.76 Å². The third-order valence-electron chi connectivity index (χ3n) is 4.91. The predicted octanol–water partition coefficient (Wildman–Crippen LogP) is 6.36. The van der Waals surface area contributed by atoms with Crippen molar-refractivity contribution in [2.24, 2.45) is 0 Å². The first-order chi connectivity index (χ1) is 14.4. The molecule has 156 valence electrons. The van der Waals surface area contributed by atoms with E-state index < -0.39 is 11.9 Å². The Hall–Kier alpha value is -2.57. The van der Waals surface area contributed by atoms with E-state index in [1.165, 1.54) is 11.3 Å². The van der Waals surface area contributed by atoms with Gasteiger partial charge in [0.2, 0.25) is 0 Å². The van der Waals surface area contributed by atoms with E-state index >= 15 is 0 Å². The molecule has 3 aromatic rings. The smallest absolute Gasteiger partial charge is 0.341 e. The van der Waals surface area contributed by atoms with Crippen LogP contribution in [-0.2, 0) is 17.6 Å². The molecule has 1 amide bonds. The van der Waals surface area contributed by atoms with Gasteiger partial charge in [-0.25, -0.2) is 4.79 Å². The van der Waals surface area contributed by atoms with Gasteiger partial charge in [-0.05, 0) is 69.4 Å². The quantitative estimate of drug-likeness (QED) is 0.466. The number of esters is 1. The molecule has 0 radical (unpaired) electrons. The molecule has 1 N–H and O–H groups in total. The van der Waals surface area contributed by atoms with Gasteiger partial charge in [-0.1, -0.05) is 23.7 Å². The number of fused-ring (bicyclic) bond motifs is 1. The molecule has 30 heavy (non-hydrogen) atoms. The highest BCUT2D eigenvalue weighted by Crippen LogP contribution is 2.39. The topological polar surface area (TPSA) is 68.5 Å². The Morgan fingerprint density at radius 3 is 2.67 bits per heavy atom. The van der Waals surface area contributed by atoms with Gasteiger partial charge in [-0.3, -0.25) is 4.79 Å². The van der Waals surface area contributed by atoms with Crippen LogP contribution in [0.25, 0.3) is 11.3 Å². The molecule has 2 heterocycles. The third kappa shape index (κ3) is 4.16. The van der Waals surface area contributed by atoms with Crippen LogP contribution in [0.4, 0.5) is 5.00 Å². The Labute approximate surface area is 184 Å². The van der Waals surface area contributed by atoms with E-state index in [1.807, 2.05) is 32.0 Å². The molecule has 2 aromatic heterocycles. The van der Waals surface area contributed by atoms with Crippen molar-refractivity contribution in [1.29, 1.82) is 0 Å². The molecule has 1 aliphatic carbocycles. The molecular weight excluding hydrogens is 422 g/mol. The lowest BCUT2D eigenvalue weighted by molar-refractivity contribution is 0.0378. The number of halogens is 1. The monoisotopic (exact) mass is 443 g/mol. The number of furan rings is 1. The Balaban J connectivity index is 1.61. The summed E-state index contributed by atoms with van der Waals surface area (Å²) >= 11 is 7.67. The average molecular weight is 444 g/mol. The standard InChI is InChI=1S/C23H22ClNO4S/c1-13(2)28-23(27)20-15-8-4-6-10-19(15)30-22(20)25-21(26)18-12-11-17(29-18)14-7-3-5-9-16(14)24/h3,5,7,9,11-13H,4,6,8,10H2,1-2H3,(H,25,26). The molecule has 0 unspecified atom stereocenters. The van der Waals surface area contributed by atoms with Gasteiger partial charge in [0.25, 0.3) is 5.91 Å². The second kappa shape index (κ2) is 8.66. The fraction of sp³-hybridized carbons (Fsp3) is 0.304. The molecule has 5 nitrogen and oxygen atoms in total. The van der Waals surface area contributed by atoms with Crippen molar-refractivity contribution in [2.45, 2.75) is 45.6 Å². The molecule has 0 saturated heterocycles. The van der Waals surface area contributed by atoms with Crippen molar-refractivity contribution in [1.82, 2.24) is 0 Å². The lowest BCUT2D eigenvalue weighted by Crippen LogP contribution is -2.17. The Morgan fingerprint density at radius 2 is 1.90 bits per heavy atom. The zero-order valence-electron chi connectivity index (χ0n) is 16.8. The summed E-state index contributed by atoms with van der Waals surface area (Å²) in [5, 5.41) is 3.94. The number of thiophene rings is 1. The number of carbonyl (C=O) groups is 2. The van der Waals surface area contributed by atoms with Crippen molar-refractivity contribution >= 4 is 39.8 Å². The predicted molar refractivity (Wildman–Crippen MR) is 119 cm³/mol. The Bertz CT molecular complexity index is 1100. The summed E-state index contributed by atoms with van der Waals surface area (Å²) < 4.78 is 11.2. The average Bonchev–Trinajstić information content (AvgIpc) is 3.32. The van der Waals surface area contributed by atoms with Gasteiger partial charge >= 0.3 is 5.97 Å². The van der Waals surface area contributed by atoms with Crippen LogP contribution in [0.2, 0.25) is 5.02 Å². The van der Waals surface area contributed by atoms with Crippen LogP contribution in [0.1, 0.15) is 58.0 Å². The lowest BCUT2D eigenvalue weighted by Gasteiger charge is -2.14. The number of carbonyl (C=O) groups excluding carboxylic acids is 2. The summed E-state index contributed by atoms with van der Waals surface area (Å²) in [6, 6.07) is 10.6. The maximum Gasteiger partial charge on any atom is 0.341 e. The highest BCUT2D eigenvalue weighted by molar-refractivity contribution is 7.17. The molecular formula is C23H22ClNO4S. The highest BCUT2D eigenvalue weighted by atomic mass is 35.5. The lowest BCUT2D eigenvalue weighted by atomic mass is 9.95. The molecule has 0 fully saturated rings. The molecule has 4 rings (SSSR count). The van der Waals surface area contributed by atoms with E-state index in [0.717, 1.165) is 36.1 Å². The normalized spacial score (nSPS) is 13.2. The number of amides is 1. The van der Waals surface area contributed by atoms with Crippen molar-refractivity contribution in [3.05, 3.63) is 63.2 Å². The fourth-order valence-corrected chi connectivity index (χ4v) is 5.07. The maximum atomic E-state index is 12.9. The van der Waals surface area contributed by atoms with Gasteiger partial charge in [-0.2, -0.15) is 0 Å². The SMILES string of the molecule is CC(C)OC(=O)c1c(NC(=O)c2ccc(-c3ccccc3Cl)o2)sc2c1CCCC2. The molecule has 7 heteroatoms. The molecule has 1 aliphatic rings. The number of rotatable bonds is 5. The summed E-state index contributed by atoms with van der Waals surface area (Å²) in [6.45, 7) is 3.63. The number of ether oxygens (including phenoxy) is 1. The minimum atomic E-state index is -0.412. The summed E-state index contributed by atoms with van der Waals surface area (Å²) in [7, 11) is 0. The van der Waals surface area contributed by atoms with Crippen LogP contribution >= 0.6 is 22.9 Å². The van der Waals surface area contributed by atoms with Crippen molar-refractivity contribution in [3.63, 3.8) is 0 Å². The maximum absolute atomic E-state index is 12.9. The first kappa shape index (κ1) is 20.7. The van der Waals surface area contributed by atoms with Gasteiger partial charge in [0.1, 0.15) is 10.8 Å². The number of aryl methyl sites for hydroxylation is 1. The van der Waals surface area contributed by atoms with Crippen molar-refractivity contribution < 1.29 is 18.7 Å². The molecule has 0 atom stereocenters. The minimum absolute atomic E-state index is 0.152. The van der Waals surface area contributed by atoms with Crippen LogP contribution in [0.15, 0.2) is 40.8 Å². The first-order valence-corrected chi connectivity index (χ1v) is 11.1. The Kier molecular flexibility index (Phi) is 5.97. The van der Waals surface area contributed by atoms with E-state index in [9.17, 15) is 9.59 Å². The molecule has 1 aromatic carbocycles. The largest absolute Gasteiger partial charge is 0.459 e.